The molecule has 0 spiro atoms. The third-order valence-corrected chi connectivity index (χ3v) is 2.17. The maximum atomic E-state index is 3.42. The van der Waals surface area contributed by atoms with Crippen LogP contribution in [0.4, 0.5) is 5.69 Å². The van der Waals surface area contributed by atoms with Crippen LogP contribution in [0, 0.1) is 0 Å². The van der Waals surface area contributed by atoms with Gasteiger partial charge in [-0.15, -0.1) is 0 Å². The van der Waals surface area contributed by atoms with E-state index in [0.717, 1.165) is 0 Å². The lowest BCUT2D eigenvalue weighted by Crippen LogP contribution is -2.22. The van der Waals surface area contributed by atoms with E-state index in [-0.39, 0.29) is 0 Å². The molecule has 0 aliphatic carbocycles. The van der Waals surface area contributed by atoms with Crippen molar-refractivity contribution in [3.05, 3.63) is 47.9 Å². The van der Waals surface area contributed by atoms with Crippen molar-refractivity contribution >= 4 is 18.6 Å². The number of allylic oxidation sites excluding steroid dienone is 1. The van der Waals surface area contributed by atoms with E-state index in [0.29, 0.717) is 6.85 Å². The standard InChI is InChI=1S/C11H12BN/c1-2-8-12-9-7-10-5-3-4-6-11(10)13-12/h2-9,13H,1H3/b8-2+. The normalized spacial score (nSPS) is 14.4. The molecular formula is C11H12BN. The number of anilines is 1. The van der Waals surface area contributed by atoms with Gasteiger partial charge in [0, 0.05) is 5.69 Å². The lowest BCUT2D eigenvalue weighted by molar-refractivity contribution is 1.60. The van der Waals surface area contributed by atoms with Crippen molar-refractivity contribution in [1.82, 2.24) is 0 Å². The molecule has 13 heavy (non-hydrogen) atoms. The maximum Gasteiger partial charge on any atom is 0.305 e. The maximum absolute atomic E-state index is 3.42. The van der Waals surface area contributed by atoms with Crippen molar-refractivity contribution < 1.29 is 0 Å². The summed E-state index contributed by atoms with van der Waals surface area (Å²) in [5.41, 5.74) is 2.48. The zero-order chi connectivity index (χ0) is 9.10. The van der Waals surface area contributed by atoms with Crippen molar-refractivity contribution in [1.29, 1.82) is 0 Å². The lowest BCUT2D eigenvalue weighted by Gasteiger charge is -2.16. The highest BCUT2D eigenvalue weighted by Gasteiger charge is 2.12. The van der Waals surface area contributed by atoms with Gasteiger partial charge in [-0.2, -0.15) is 0 Å². The van der Waals surface area contributed by atoms with Crippen LogP contribution in [0.1, 0.15) is 12.5 Å². The molecule has 0 radical (unpaired) electrons. The monoisotopic (exact) mass is 169 g/mol. The molecule has 1 heterocycles. The van der Waals surface area contributed by atoms with Gasteiger partial charge in [-0.3, -0.25) is 0 Å². The summed E-state index contributed by atoms with van der Waals surface area (Å²) in [6.07, 6.45) is 4.23. The molecular weight excluding hydrogens is 157 g/mol. The zero-order valence-corrected chi connectivity index (χ0v) is 7.70. The number of rotatable bonds is 1. The Morgan fingerprint density at radius 3 is 3.00 bits per heavy atom. The molecule has 0 unspecified atom stereocenters. The highest BCUT2D eigenvalue weighted by molar-refractivity contribution is 6.73. The highest BCUT2D eigenvalue weighted by Crippen LogP contribution is 2.21. The summed E-state index contributed by atoms with van der Waals surface area (Å²) in [4.78, 5) is 0. The lowest BCUT2D eigenvalue weighted by atomic mass is 9.60. The van der Waals surface area contributed by atoms with E-state index < -0.39 is 0 Å². The summed E-state index contributed by atoms with van der Waals surface area (Å²) >= 11 is 0. The van der Waals surface area contributed by atoms with Gasteiger partial charge in [0.15, 0.2) is 0 Å². The van der Waals surface area contributed by atoms with Crippen LogP contribution in [0.25, 0.3) is 6.08 Å². The summed E-state index contributed by atoms with van der Waals surface area (Å²) in [7, 11) is 0. The minimum Gasteiger partial charge on any atom is -0.420 e. The topological polar surface area (TPSA) is 12.0 Å². The molecule has 0 saturated carbocycles. The molecule has 2 heteroatoms. The third kappa shape index (κ3) is 1.67. The molecule has 1 aromatic carbocycles. The van der Waals surface area contributed by atoms with E-state index in [9.17, 15) is 0 Å². The van der Waals surface area contributed by atoms with Gasteiger partial charge in [0.2, 0.25) is 0 Å². The van der Waals surface area contributed by atoms with Crippen LogP contribution in [-0.4, -0.2) is 6.85 Å². The number of fused-ring (bicyclic) bond motifs is 1. The number of para-hydroxylation sites is 1. The van der Waals surface area contributed by atoms with E-state index >= 15 is 0 Å². The summed E-state index contributed by atoms with van der Waals surface area (Å²) in [6, 6.07) is 8.33. The fourth-order valence-corrected chi connectivity index (χ4v) is 1.53. The van der Waals surface area contributed by atoms with E-state index in [1.807, 2.05) is 6.92 Å². The van der Waals surface area contributed by atoms with Gasteiger partial charge in [-0.25, -0.2) is 0 Å². The van der Waals surface area contributed by atoms with Gasteiger partial charge in [0.25, 0.3) is 0 Å². The first-order valence-electron chi connectivity index (χ1n) is 4.57. The predicted octanol–water partition coefficient (Wildman–Crippen LogP) is 2.77. The molecule has 1 N–H and O–H groups in total. The summed E-state index contributed by atoms with van der Waals surface area (Å²) in [5, 5.41) is 3.42. The molecule has 0 amide bonds. The summed E-state index contributed by atoms with van der Waals surface area (Å²) in [6.45, 7) is 2.38. The second kappa shape index (κ2) is 3.52. The Bertz CT molecular complexity index is 355. The first kappa shape index (κ1) is 8.18. The van der Waals surface area contributed by atoms with Crippen molar-refractivity contribution in [3.63, 3.8) is 0 Å². The molecule has 0 fully saturated rings. The number of benzene rings is 1. The Morgan fingerprint density at radius 2 is 2.15 bits per heavy atom. The summed E-state index contributed by atoms with van der Waals surface area (Å²) < 4.78 is 0. The van der Waals surface area contributed by atoms with Gasteiger partial charge >= 0.3 is 6.85 Å². The first-order chi connectivity index (χ1) is 6.40. The Kier molecular flexibility index (Phi) is 2.22. The molecule has 1 aromatic rings. The molecule has 0 aromatic heterocycles. The van der Waals surface area contributed by atoms with Crippen molar-refractivity contribution in [2.45, 2.75) is 6.92 Å². The Hall–Kier alpha value is -1.44. The van der Waals surface area contributed by atoms with Gasteiger partial charge < -0.3 is 5.23 Å². The van der Waals surface area contributed by atoms with Gasteiger partial charge in [0.1, 0.15) is 0 Å². The Morgan fingerprint density at radius 1 is 1.31 bits per heavy atom. The van der Waals surface area contributed by atoms with E-state index in [2.05, 4.69) is 53.6 Å². The zero-order valence-electron chi connectivity index (χ0n) is 7.70. The average Bonchev–Trinajstić information content (AvgIpc) is 2.18. The quantitative estimate of drug-likeness (QED) is 0.637. The largest absolute Gasteiger partial charge is 0.420 e. The molecule has 0 bridgehead atoms. The van der Waals surface area contributed by atoms with Crippen LogP contribution in [0.3, 0.4) is 0 Å². The van der Waals surface area contributed by atoms with Gasteiger partial charge in [-0.05, 0) is 18.6 Å². The van der Waals surface area contributed by atoms with Crippen LogP contribution < -0.4 is 5.23 Å². The van der Waals surface area contributed by atoms with Crippen LogP contribution >= 0.6 is 0 Å². The Labute approximate surface area is 79.3 Å². The van der Waals surface area contributed by atoms with E-state index in [1.54, 1.807) is 0 Å². The van der Waals surface area contributed by atoms with Crippen LogP contribution in [-0.2, 0) is 0 Å². The minimum absolute atomic E-state index is 0.347. The minimum atomic E-state index is 0.347. The molecule has 1 nitrogen and oxygen atoms in total. The fourth-order valence-electron chi connectivity index (χ4n) is 1.53. The number of nitrogens with one attached hydrogen (secondary N) is 1. The molecule has 1 aliphatic rings. The van der Waals surface area contributed by atoms with Crippen molar-refractivity contribution in [2.75, 3.05) is 5.23 Å². The van der Waals surface area contributed by atoms with E-state index in [1.165, 1.54) is 11.3 Å². The highest BCUT2D eigenvalue weighted by atomic mass is 14.8. The van der Waals surface area contributed by atoms with Crippen LogP contribution in [0.15, 0.2) is 42.3 Å². The molecule has 0 saturated heterocycles. The summed E-state index contributed by atoms with van der Waals surface area (Å²) in [5.74, 6) is 4.31. The second-order valence-electron chi connectivity index (χ2n) is 3.14. The van der Waals surface area contributed by atoms with Crippen molar-refractivity contribution in [3.8, 4) is 0 Å². The Balaban J connectivity index is 2.29. The van der Waals surface area contributed by atoms with Gasteiger partial charge in [-0.1, -0.05) is 42.3 Å². The fraction of sp³-hybridized carbons (Fsp3) is 0.0909. The number of hydrogen-bond donors (Lipinski definition) is 1. The first-order valence-corrected chi connectivity index (χ1v) is 4.57. The molecule has 0 atom stereocenters. The SMILES string of the molecule is C/C=C/B1C=Cc2ccccc2N1. The van der Waals surface area contributed by atoms with Crippen LogP contribution in [0.2, 0.25) is 0 Å². The second-order valence-corrected chi connectivity index (χ2v) is 3.14. The van der Waals surface area contributed by atoms with Crippen LogP contribution in [0.5, 0.6) is 0 Å². The van der Waals surface area contributed by atoms with Crippen molar-refractivity contribution in [2.24, 2.45) is 0 Å². The predicted molar refractivity (Wildman–Crippen MR) is 59.7 cm³/mol. The van der Waals surface area contributed by atoms with E-state index in [4.69, 9.17) is 0 Å². The number of hydrogen-bond acceptors (Lipinski definition) is 1. The molecule has 1 aliphatic heterocycles. The molecule has 2 rings (SSSR count). The smallest absolute Gasteiger partial charge is 0.305 e. The third-order valence-electron chi connectivity index (χ3n) is 2.17. The molecule has 64 valence electrons. The van der Waals surface area contributed by atoms with Gasteiger partial charge in [0.05, 0.1) is 0 Å². The average molecular weight is 169 g/mol.